The summed E-state index contributed by atoms with van der Waals surface area (Å²) in [7, 11) is 0. The third-order valence-electron chi connectivity index (χ3n) is 8.30. The van der Waals surface area contributed by atoms with E-state index in [9.17, 15) is 4.79 Å². The number of rotatable bonds is 3. The molecule has 0 radical (unpaired) electrons. The molecule has 0 aromatic rings. The van der Waals surface area contributed by atoms with E-state index in [2.05, 4.69) is 6.92 Å². The van der Waals surface area contributed by atoms with Gasteiger partial charge < -0.3 is 4.74 Å². The second kappa shape index (κ2) is 5.82. The Morgan fingerprint density at radius 3 is 2.20 bits per heavy atom. The van der Waals surface area contributed by atoms with Crippen LogP contribution in [0.5, 0.6) is 0 Å². The summed E-state index contributed by atoms with van der Waals surface area (Å²) in [6.07, 6.45) is 15.9. The third-order valence-corrected chi connectivity index (χ3v) is 8.30. The van der Waals surface area contributed by atoms with Gasteiger partial charge in [0, 0.05) is 0 Å². The van der Waals surface area contributed by atoms with Crippen LogP contribution in [0.1, 0.15) is 90.4 Å². The lowest BCUT2D eigenvalue weighted by atomic mass is 9.47. The van der Waals surface area contributed by atoms with Crippen LogP contribution < -0.4 is 0 Å². The minimum atomic E-state index is -0.314. The highest BCUT2D eigenvalue weighted by Crippen LogP contribution is 2.62. The van der Waals surface area contributed by atoms with Crippen LogP contribution in [0.25, 0.3) is 0 Å². The summed E-state index contributed by atoms with van der Waals surface area (Å²) in [4.78, 5) is 17.5. The van der Waals surface area contributed by atoms with Crippen LogP contribution in [0, 0.1) is 23.2 Å². The second-order valence-corrected chi connectivity index (χ2v) is 9.99. The number of aliphatic imine (C=N–C) groups is 1. The number of carbonyl (C=O) groups is 1. The number of hydrogen-bond acceptors (Lipinski definition) is 3. The van der Waals surface area contributed by atoms with Crippen molar-refractivity contribution in [2.75, 3.05) is 0 Å². The fourth-order valence-corrected chi connectivity index (χ4v) is 7.72. The van der Waals surface area contributed by atoms with E-state index in [1.54, 1.807) is 0 Å². The molecule has 6 rings (SSSR count). The van der Waals surface area contributed by atoms with Gasteiger partial charge in [-0.05, 0) is 93.8 Å². The van der Waals surface area contributed by atoms with Crippen molar-refractivity contribution < 1.29 is 9.53 Å². The van der Waals surface area contributed by atoms with Crippen LogP contribution in [0.2, 0.25) is 0 Å². The van der Waals surface area contributed by atoms with Crippen LogP contribution >= 0.6 is 0 Å². The molecule has 4 bridgehead atoms. The average Bonchev–Trinajstić information content (AvgIpc) is 2.86. The molecule has 5 aliphatic carbocycles. The summed E-state index contributed by atoms with van der Waals surface area (Å²) in [6, 6.07) is 0.421. The average molecular weight is 344 g/mol. The minimum absolute atomic E-state index is 0.0268. The molecular formula is C22H33NO2. The van der Waals surface area contributed by atoms with Gasteiger partial charge in [-0.25, -0.2) is 0 Å². The van der Waals surface area contributed by atoms with Crippen molar-refractivity contribution in [3.63, 3.8) is 0 Å². The van der Waals surface area contributed by atoms with Crippen molar-refractivity contribution in [1.29, 1.82) is 0 Å². The van der Waals surface area contributed by atoms with Crippen LogP contribution in [-0.2, 0) is 9.53 Å². The Morgan fingerprint density at radius 1 is 1.04 bits per heavy atom. The molecule has 25 heavy (non-hydrogen) atoms. The van der Waals surface area contributed by atoms with E-state index in [1.165, 1.54) is 57.8 Å². The molecule has 1 atom stereocenters. The number of ether oxygens (including phenoxy) is 1. The van der Waals surface area contributed by atoms with Gasteiger partial charge in [0.2, 0.25) is 0 Å². The largest absolute Gasteiger partial charge is 0.453 e. The van der Waals surface area contributed by atoms with E-state index in [1.807, 2.05) is 0 Å². The molecule has 1 heterocycles. The summed E-state index contributed by atoms with van der Waals surface area (Å²) in [6.45, 7) is 2.32. The Hall–Kier alpha value is -0.860. The predicted molar refractivity (Wildman–Crippen MR) is 98.6 cm³/mol. The highest BCUT2D eigenvalue weighted by atomic mass is 16.6. The summed E-state index contributed by atoms with van der Waals surface area (Å²) in [5.74, 6) is 2.86. The van der Waals surface area contributed by atoms with E-state index >= 15 is 0 Å². The van der Waals surface area contributed by atoms with E-state index < -0.39 is 0 Å². The van der Waals surface area contributed by atoms with Gasteiger partial charge in [-0.1, -0.05) is 13.3 Å². The minimum Gasteiger partial charge on any atom is -0.453 e. The van der Waals surface area contributed by atoms with E-state index in [-0.39, 0.29) is 11.6 Å². The van der Waals surface area contributed by atoms with Gasteiger partial charge in [0.05, 0.1) is 18.2 Å². The molecule has 0 aromatic carbocycles. The van der Waals surface area contributed by atoms with Crippen molar-refractivity contribution >= 4 is 11.7 Å². The topological polar surface area (TPSA) is 38.7 Å². The fraction of sp³-hybridized carbons (Fsp3) is 0.909. The summed E-state index contributed by atoms with van der Waals surface area (Å²) in [5.41, 5.74) is 1.25. The fourth-order valence-electron chi connectivity index (χ4n) is 7.72. The van der Waals surface area contributed by atoms with Crippen molar-refractivity contribution in [2.45, 2.75) is 102 Å². The molecule has 6 fully saturated rings. The third kappa shape index (κ3) is 2.59. The molecule has 1 saturated heterocycles. The maximum absolute atomic E-state index is 12.1. The first kappa shape index (κ1) is 16.3. The standard InChI is InChI=1S/C22H33NO2/c1-2-18(21-12-15-8-16(13-21)10-17(9-15)14-21)23-19-11-20(24)25-22(19)6-4-3-5-7-22/h15-18H,2-14H2,1H3/t15?,16?,17?,18-,21?/m1/s1. The molecule has 0 unspecified atom stereocenters. The zero-order valence-electron chi connectivity index (χ0n) is 15.8. The second-order valence-electron chi connectivity index (χ2n) is 9.99. The van der Waals surface area contributed by atoms with Crippen molar-refractivity contribution in [1.82, 2.24) is 0 Å². The first-order valence-corrected chi connectivity index (χ1v) is 10.9. The molecular weight excluding hydrogens is 310 g/mol. The van der Waals surface area contributed by atoms with Crippen LogP contribution in [0.15, 0.2) is 4.99 Å². The number of carbonyl (C=O) groups excluding carboxylic acids is 1. The summed E-state index contributed by atoms with van der Waals surface area (Å²) in [5, 5.41) is 0. The van der Waals surface area contributed by atoms with Crippen LogP contribution in [-0.4, -0.2) is 23.3 Å². The quantitative estimate of drug-likeness (QED) is 0.671. The van der Waals surface area contributed by atoms with E-state index in [0.29, 0.717) is 17.9 Å². The zero-order valence-corrected chi connectivity index (χ0v) is 15.8. The number of esters is 1. The predicted octanol–water partition coefficient (Wildman–Crippen LogP) is 5.07. The molecule has 0 aromatic heterocycles. The molecule has 0 N–H and O–H groups in total. The highest BCUT2D eigenvalue weighted by molar-refractivity contribution is 6.09. The van der Waals surface area contributed by atoms with Gasteiger partial charge in [0.25, 0.3) is 0 Å². The van der Waals surface area contributed by atoms with Gasteiger partial charge in [-0.2, -0.15) is 0 Å². The summed E-state index contributed by atoms with van der Waals surface area (Å²) < 4.78 is 5.90. The molecule has 3 nitrogen and oxygen atoms in total. The monoisotopic (exact) mass is 343 g/mol. The normalized spacial score (nSPS) is 44.4. The Kier molecular flexibility index (Phi) is 3.80. The Balaban J connectivity index is 1.46. The summed E-state index contributed by atoms with van der Waals surface area (Å²) >= 11 is 0. The SMILES string of the molecule is CC[C@@H](N=C1CC(=O)OC12CCCCC2)C12CC3CC(CC(C3)C1)C2. The molecule has 5 saturated carbocycles. The molecule has 1 spiro atoms. The first-order valence-electron chi connectivity index (χ1n) is 10.9. The zero-order chi connectivity index (χ0) is 17.1. The van der Waals surface area contributed by atoms with Crippen LogP contribution in [0.3, 0.4) is 0 Å². The Labute approximate surface area is 152 Å². The maximum Gasteiger partial charge on any atom is 0.312 e. The van der Waals surface area contributed by atoms with Gasteiger partial charge >= 0.3 is 5.97 Å². The van der Waals surface area contributed by atoms with Crippen LogP contribution in [0.4, 0.5) is 0 Å². The van der Waals surface area contributed by atoms with Gasteiger partial charge in [-0.3, -0.25) is 9.79 Å². The lowest BCUT2D eigenvalue weighted by Gasteiger charge is -2.58. The molecule has 0 amide bonds. The van der Waals surface area contributed by atoms with E-state index in [0.717, 1.165) is 42.7 Å². The lowest BCUT2D eigenvalue weighted by molar-refractivity contribution is -0.148. The molecule has 3 heteroatoms. The van der Waals surface area contributed by atoms with Crippen molar-refractivity contribution in [3.8, 4) is 0 Å². The lowest BCUT2D eigenvalue weighted by Crippen LogP contribution is -2.51. The number of nitrogens with zero attached hydrogens (tertiary/aromatic N) is 1. The van der Waals surface area contributed by atoms with Gasteiger partial charge in [0.15, 0.2) is 5.60 Å². The van der Waals surface area contributed by atoms with Crippen molar-refractivity contribution in [3.05, 3.63) is 0 Å². The molecule has 138 valence electrons. The molecule has 1 aliphatic heterocycles. The van der Waals surface area contributed by atoms with Gasteiger partial charge in [-0.15, -0.1) is 0 Å². The number of hydrogen-bond donors (Lipinski definition) is 0. The smallest absolute Gasteiger partial charge is 0.312 e. The van der Waals surface area contributed by atoms with Gasteiger partial charge in [0.1, 0.15) is 0 Å². The van der Waals surface area contributed by atoms with E-state index in [4.69, 9.17) is 9.73 Å². The highest BCUT2D eigenvalue weighted by Gasteiger charge is 2.55. The van der Waals surface area contributed by atoms with Crippen molar-refractivity contribution in [2.24, 2.45) is 28.2 Å². The maximum atomic E-state index is 12.1. The first-order chi connectivity index (χ1) is 12.1. The molecule has 6 aliphatic rings. The Bertz CT molecular complexity index is 552. The Morgan fingerprint density at radius 2 is 1.64 bits per heavy atom.